The number of thiophene rings is 1. The third-order valence-electron chi connectivity index (χ3n) is 2.61. The molecule has 21 heavy (non-hydrogen) atoms. The van der Waals surface area contributed by atoms with E-state index in [1.807, 2.05) is 18.2 Å². The molecule has 0 saturated heterocycles. The fraction of sp³-hybridized carbons (Fsp3) is 0.214. The Hall–Kier alpha value is -2.04. The van der Waals surface area contributed by atoms with Gasteiger partial charge in [-0.25, -0.2) is 9.78 Å². The number of pyridine rings is 1. The topological polar surface area (TPSA) is 89.0 Å². The molecule has 0 aliphatic heterocycles. The van der Waals surface area contributed by atoms with Crippen LogP contribution >= 0.6 is 23.1 Å². The van der Waals surface area contributed by atoms with Gasteiger partial charge < -0.3 is 10.5 Å². The Kier molecular flexibility index (Phi) is 5.20. The fourth-order valence-electron chi connectivity index (χ4n) is 1.69. The maximum Gasteiger partial charge on any atom is 0.348 e. The number of nitrogens with zero attached hydrogens (tertiary/aromatic N) is 2. The number of esters is 1. The number of hydrogen-bond donors (Lipinski definition) is 1. The Balaban J connectivity index is 2.28. The van der Waals surface area contributed by atoms with Crippen LogP contribution in [-0.4, -0.2) is 17.6 Å². The first-order valence-electron chi connectivity index (χ1n) is 6.19. The van der Waals surface area contributed by atoms with Gasteiger partial charge in [0.25, 0.3) is 0 Å². The number of carbonyl (C=O) groups excluding carboxylic acids is 1. The number of nitrogen functional groups attached to an aromatic ring is 1. The summed E-state index contributed by atoms with van der Waals surface area (Å²) in [5, 5.41) is 10.4. The lowest BCUT2D eigenvalue weighted by Gasteiger charge is -2.04. The zero-order chi connectivity index (χ0) is 15.2. The van der Waals surface area contributed by atoms with Crippen molar-refractivity contribution in [1.29, 1.82) is 5.26 Å². The minimum absolute atomic E-state index is 0.283. The highest BCUT2D eigenvalue weighted by atomic mass is 32.2. The summed E-state index contributed by atoms with van der Waals surface area (Å²) in [5.74, 6) is 0.00852. The number of hydrogen-bond acceptors (Lipinski definition) is 7. The molecule has 0 spiro atoms. The molecule has 0 fully saturated rings. The summed E-state index contributed by atoms with van der Waals surface area (Å²) in [6.07, 6.45) is 1.70. The fourth-order valence-corrected chi connectivity index (χ4v) is 3.60. The zero-order valence-corrected chi connectivity index (χ0v) is 13.0. The van der Waals surface area contributed by atoms with Gasteiger partial charge in [0, 0.05) is 17.5 Å². The molecule has 2 aromatic rings. The number of thioether (sulfide) groups is 1. The third kappa shape index (κ3) is 3.54. The first kappa shape index (κ1) is 15.4. The van der Waals surface area contributed by atoms with Crippen LogP contribution in [0.1, 0.15) is 27.7 Å². The summed E-state index contributed by atoms with van der Waals surface area (Å²) in [5.41, 5.74) is 6.79. The van der Waals surface area contributed by atoms with Crippen molar-refractivity contribution in [1.82, 2.24) is 4.98 Å². The number of aromatic nitrogens is 1. The summed E-state index contributed by atoms with van der Waals surface area (Å²) >= 11 is 2.54. The largest absolute Gasteiger partial charge is 0.462 e. The highest BCUT2D eigenvalue weighted by Gasteiger charge is 2.22. The minimum Gasteiger partial charge on any atom is -0.462 e. The molecule has 2 rings (SSSR count). The van der Waals surface area contributed by atoms with E-state index in [1.54, 1.807) is 13.1 Å². The van der Waals surface area contributed by atoms with Crippen LogP contribution in [0.4, 0.5) is 5.00 Å². The second-order valence-corrected chi connectivity index (χ2v) is 5.99. The van der Waals surface area contributed by atoms with Crippen LogP contribution < -0.4 is 5.73 Å². The van der Waals surface area contributed by atoms with Crippen LogP contribution in [0.5, 0.6) is 0 Å². The van der Waals surface area contributed by atoms with Gasteiger partial charge in [0.2, 0.25) is 0 Å². The molecule has 0 aliphatic rings. The average molecular weight is 319 g/mol. The van der Waals surface area contributed by atoms with Gasteiger partial charge in [-0.05, 0) is 19.1 Å². The molecule has 0 radical (unpaired) electrons. The first-order chi connectivity index (χ1) is 10.2. The van der Waals surface area contributed by atoms with E-state index < -0.39 is 5.97 Å². The average Bonchev–Trinajstić information content (AvgIpc) is 2.82. The van der Waals surface area contributed by atoms with Crippen LogP contribution in [0.3, 0.4) is 0 Å². The van der Waals surface area contributed by atoms with Crippen molar-refractivity contribution in [3.8, 4) is 6.07 Å². The Labute approximate surface area is 130 Å². The monoisotopic (exact) mass is 319 g/mol. The third-order valence-corrected chi connectivity index (χ3v) is 4.62. The lowest BCUT2D eigenvalue weighted by molar-refractivity contribution is 0.0531. The van der Waals surface area contributed by atoms with Crippen molar-refractivity contribution in [2.75, 3.05) is 12.3 Å². The van der Waals surface area contributed by atoms with Gasteiger partial charge in [-0.3, -0.25) is 0 Å². The molecule has 108 valence electrons. The summed E-state index contributed by atoms with van der Waals surface area (Å²) in [6.45, 7) is 2.02. The first-order valence-corrected chi connectivity index (χ1v) is 7.99. The van der Waals surface area contributed by atoms with Crippen LogP contribution in [-0.2, 0) is 10.5 Å². The maximum absolute atomic E-state index is 12.0. The van der Waals surface area contributed by atoms with Crippen LogP contribution in [0.2, 0.25) is 0 Å². The predicted octanol–water partition coefficient (Wildman–Crippen LogP) is 3.07. The number of anilines is 1. The van der Waals surface area contributed by atoms with Crippen LogP contribution in [0.15, 0.2) is 29.4 Å². The summed E-state index contributed by atoms with van der Waals surface area (Å²) in [6, 6.07) is 7.65. The standard InChI is InChI=1S/C14H13N3O2S2/c1-2-19-14(18)12-10(9(7-15)13(16)21-12)8-20-11-5-3-4-6-17-11/h3-6H,2,8,16H2,1H3. The van der Waals surface area contributed by atoms with Crippen molar-refractivity contribution in [2.45, 2.75) is 17.7 Å². The van der Waals surface area contributed by atoms with E-state index >= 15 is 0 Å². The molecular formula is C14H13N3O2S2. The molecule has 0 saturated carbocycles. The molecule has 0 aliphatic carbocycles. The number of nitriles is 1. The second-order valence-electron chi connectivity index (χ2n) is 3.94. The maximum atomic E-state index is 12.0. The number of carbonyl (C=O) groups is 1. The van der Waals surface area contributed by atoms with E-state index in [9.17, 15) is 10.1 Å². The van der Waals surface area contributed by atoms with Crippen molar-refractivity contribution >= 4 is 34.1 Å². The Bertz CT molecular complexity index is 678. The Morgan fingerprint density at radius 3 is 3.00 bits per heavy atom. The lowest BCUT2D eigenvalue weighted by Crippen LogP contribution is -2.05. The van der Waals surface area contributed by atoms with Crippen molar-refractivity contribution < 1.29 is 9.53 Å². The predicted molar refractivity (Wildman–Crippen MR) is 83.2 cm³/mol. The molecule has 0 aromatic carbocycles. The van der Waals surface area contributed by atoms with E-state index in [4.69, 9.17) is 10.5 Å². The molecule has 2 N–H and O–H groups in total. The van der Waals surface area contributed by atoms with Gasteiger partial charge in [0.1, 0.15) is 15.9 Å². The number of nitrogens with two attached hydrogens (primary N) is 1. The molecular weight excluding hydrogens is 306 g/mol. The normalized spacial score (nSPS) is 10.1. The van der Waals surface area contributed by atoms with Gasteiger partial charge in [-0.2, -0.15) is 5.26 Å². The molecule has 2 heterocycles. The molecule has 0 atom stereocenters. The van der Waals surface area contributed by atoms with Gasteiger partial charge >= 0.3 is 5.97 Å². The Morgan fingerprint density at radius 1 is 1.57 bits per heavy atom. The second kappa shape index (κ2) is 7.11. The SMILES string of the molecule is CCOC(=O)c1sc(N)c(C#N)c1CSc1ccccn1. The summed E-state index contributed by atoms with van der Waals surface area (Å²) < 4.78 is 5.02. The van der Waals surface area contributed by atoms with E-state index in [1.165, 1.54) is 11.8 Å². The quantitative estimate of drug-likeness (QED) is 0.673. The highest BCUT2D eigenvalue weighted by Crippen LogP contribution is 2.35. The minimum atomic E-state index is -0.438. The highest BCUT2D eigenvalue weighted by molar-refractivity contribution is 7.98. The summed E-state index contributed by atoms with van der Waals surface area (Å²) in [4.78, 5) is 16.6. The van der Waals surface area contributed by atoms with Gasteiger partial charge in [0.15, 0.2) is 0 Å². The van der Waals surface area contributed by atoms with Crippen molar-refractivity contribution in [2.24, 2.45) is 0 Å². The molecule has 7 heteroatoms. The van der Waals surface area contributed by atoms with E-state index in [-0.39, 0.29) is 6.61 Å². The van der Waals surface area contributed by atoms with E-state index in [2.05, 4.69) is 11.1 Å². The number of rotatable bonds is 5. The molecule has 2 aromatic heterocycles. The van der Waals surface area contributed by atoms with Crippen LogP contribution in [0.25, 0.3) is 0 Å². The smallest absolute Gasteiger partial charge is 0.348 e. The lowest BCUT2D eigenvalue weighted by atomic mass is 10.2. The van der Waals surface area contributed by atoms with Gasteiger partial charge in [-0.1, -0.05) is 6.07 Å². The molecule has 0 amide bonds. The Morgan fingerprint density at radius 2 is 2.38 bits per heavy atom. The molecule has 0 unspecified atom stereocenters. The molecule has 0 bridgehead atoms. The zero-order valence-electron chi connectivity index (χ0n) is 11.3. The van der Waals surface area contributed by atoms with Crippen LogP contribution in [0, 0.1) is 11.3 Å². The summed E-state index contributed by atoms with van der Waals surface area (Å²) in [7, 11) is 0. The molecule has 5 nitrogen and oxygen atoms in total. The van der Waals surface area contributed by atoms with Gasteiger partial charge in [0.05, 0.1) is 17.2 Å². The van der Waals surface area contributed by atoms with Crippen molar-refractivity contribution in [3.05, 3.63) is 40.4 Å². The van der Waals surface area contributed by atoms with Gasteiger partial charge in [-0.15, -0.1) is 23.1 Å². The number of ether oxygens (including phenoxy) is 1. The van der Waals surface area contributed by atoms with E-state index in [0.717, 1.165) is 16.4 Å². The van der Waals surface area contributed by atoms with E-state index in [0.29, 0.717) is 26.8 Å². The van der Waals surface area contributed by atoms with Crippen molar-refractivity contribution in [3.63, 3.8) is 0 Å².